The molecule has 6 nitrogen and oxygen atoms in total. The van der Waals surface area contributed by atoms with Crippen molar-refractivity contribution in [2.45, 2.75) is 51.0 Å². The van der Waals surface area contributed by atoms with Crippen molar-refractivity contribution in [2.24, 2.45) is 5.92 Å². The summed E-state index contributed by atoms with van der Waals surface area (Å²) in [6, 6.07) is 17.2. The number of hydrogen-bond acceptors (Lipinski definition) is 4. The largest absolute Gasteiger partial charge is 0.494 e. The van der Waals surface area contributed by atoms with E-state index in [0.717, 1.165) is 58.2 Å². The molecule has 7 heteroatoms. The maximum absolute atomic E-state index is 12.4. The van der Waals surface area contributed by atoms with Crippen LogP contribution >= 0.6 is 11.6 Å². The van der Waals surface area contributed by atoms with Gasteiger partial charge in [0.25, 0.3) is 11.8 Å². The van der Waals surface area contributed by atoms with Crippen LogP contribution in [0, 0.1) is 5.92 Å². The summed E-state index contributed by atoms with van der Waals surface area (Å²) in [5, 5.41) is 0.413. The number of benzene rings is 2. The number of halogens is 1. The molecule has 0 radical (unpaired) electrons. The number of rotatable bonds is 8. The summed E-state index contributed by atoms with van der Waals surface area (Å²) < 4.78 is 11.3. The van der Waals surface area contributed by atoms with Gasteiger partial charge in [-0.05, 0) is 62.6 Å². The van der Waals surface area contributed by atoms with Crippen LogP contribution in [0.25, 0.3) is 0 Å². The van der Waals surface area contributed by atoms with Crippen LogP contribution in [-0.2, 0) is 9.53 Å². The quantitative estimate of drug-likeness (QED) is 0.424. The Hall–Kier alpha value is -2.57. The second kappa shape index (κ2) is 14.9. The average molecular weight is 515 g/mol. The lowest BCUT2D eigenvalue weighted by molar-refractivity contribution is -0.142. The van der Waals surface area contributed by atoms with E-state index < -0.39 is 0 Å². The Morgan fingerprint density at radius 1 is 1.03 bits per heavy atom. The number of hydrogen-bond donors (Lipinski definition) is 0. The van der Waals surface area contributed by atoms with Crippen molar-refractivity contribution in [3.8, 4) is 5.75 Å². The topological polar surface area (TPSA) is 59.1 Å². The third-order valence-electron chi connectivity index (χ3n) is 6.65. The second-order valence-corrected chi connectivity index (χ2v) is 10.0. The zero-order chi connectivity index (χ0) is 25.8. The predicted octanol–water partition coefficient (Wildman–Crippen LogP) is 5.70. The minimum atomic E-state index is -0.192. The summed E-state index contributed by atoms with van der Waals surface area (Å²) in [6.07, 6.45) is 7.09. The highest BCUT2D eigenvalue weighted by molar-refractivity contribution is 6.34. The minimum Gasteiger partial charge on any atom is -0.494 e. The van der Waals surface area contributed by atoms with Crippen molar-refractivity contribution >= 4 is 23.4 Å². The Kier molecular flexibility index (Phi) is 11.6. The lowest BCUT2D eigenvalue weighted by Gasteiger charge is -2.33. The first-order valence-corrected chi connectivity index (χ1v) is 13.4. The highest BCUT2D eigenvalue weighted by Crippen LogP contribution is 2.26. The summed E-state index contributed by atoms with van der Waals surface area (Å²) in [4.78, 5) is 27.9. The fourth-order valence-electron chi connectivity index (χ4n) is 4.53. The first kappa shape index (κ1) is 28.0. The van der Waals surface area contributed by atoms with Crippen LogP contribution < -0.4 is 4.74 Å². The Bertz CT molecular complexity index is 913. The highest BCUT2D eigenvalue weighted by atomic mass is 35.5. The Balaban J connectivity index is 0.000000526. The summed E-state index contributed by atoms with van der Waals surface area (Å²) in [5.74, 6) is 1.45. The zero-order valence-corrected chi connectivity index (χ0v) is 22.3. The lowest BCUT2D eigenvalue weighted by atomic mass is 9.91. The smallest absolute Gasteiger partial charge is 0.254 e. The van der Waals surface area contributed by atoms with E-state index in [1.54, 1.807) is 32.3 Å². The lowest BCUT2D eigenvalue weighted by Crippen LogP contribution is -2.43. The monoisotopic (exact) mass is 514 g/mol. The highest BCUT2D eigenvalue weighted by Gasteiger charge is 2.30. The molecular weight excluding hydrogens is 476 g/mol. The molecule has 0 aromatic heterocycles. The normalized spacial score (nSPS) is 17.8. The first-order valence-electron chi connectivity index (χ1n) is 13.0. The van der Waals surface area contributed by atoms with Crippen molar-refractivity contribution in [3.63, 3.8) is 0 Å². The van der Waals surface area contributed by atoms with E-state index in [1.807, 2.05) is 41.3 Å². The molecular formula is C29H39ClN2O4. The Morgan fingerprint density at radius 2 is 1.69 bits per heavy atom. The second-order valence-electron chi connectivity index (χ2n) is 9.61. The van der Waals surface area contributed by atoms with Crippen molar-refractivity contribution in [1.29, 1.82) is 0 Å². The summed E-state index contributed by atoms with van der Waals surface area (Å²) in [5.41, 5.74) is 0.485. The molecule has 2 heterocycles. The summed E-state index contributed by atoms with van der Waals surface area (Å²) in [6.45, 7) is 3.07. The molecule has 0 spiro atoms. The van der Waals surface area contributed by atoms with Gasteiger partial charge in [-0.1, -0.05) is 54.4 Å². The summed E-state index contributed by atoms with van der Waals surface area (Å²) in [7, 11) is 3.41. The van der Waals surface area contributed by atoms with Crippen molar-refractivity contribution in [2.75, 3.05) is 40.4 Å². The van der Waals surface area contributed by atoms with Crippen molar-refractivity contribution in [1.82, 2.24) is 9.80 Å². The zero-order valence-electron chi connectivity index (χ0n) is 21.5. The van der Waals surface area contributed by atoms with Crippen molar-refractivity contribution in [3.05, 3.63) is 65.2 Å². The van der Waals surface area contributed by atoms with Gasteiger partial charge in [-0.3, -0.25) is 9.59 Å². The van der Waals surface area contributed by atoms with Gasteiger partial charge in [-0.25, -0.2) is 0 Å². The SMILES string of the molecule is CN(C)C(=O)c1ccc(OCCCCC2CCN(C(=O)C3CCCO3)CC2)cc1Cl.c1ccccc1. The number of ether oxygens (including phenoxy) is 2. The van der Waals surface area contributed by atoms with E-state index in [2.05, 4.69) is 0 Å². The van der Waals surface area contributed by atoms with E-state index >= 15 is 0 Å². The van der Waals surface area contributed by atoms with E-state index in [9.17, 15) is 9.59 Å². The van der Waals surface area contributed by atoms with E-state index in [4.69, 9.17) is 21.1 Å². The molecule has 2 aliphatic rings. The molecule has 2 aliphatic heterocycles. The van der Waals surface area contributed by atoms with Crippen LogP contribution in [0.3, 0.4) is 0 Å². The van der Waals surface area contributed by atoms with E-state index in [-0.39, 0.29) is 17.9 Å². The molecule has 1 atom stereocenters. The molecule has 2 aromatic rings. The standard InChI is InChI=1S/C23H33ClN2O4.C6H6/c1-25(2)22(27)19-9-8-18(16-20(19)24)29-14-4-3-6-17-10-12-26(13-11-17)23(28)21-7-5-15-30-21;1-2-4-6-5-3-1/h8-9,16-17,21H,3-7,10-15H2,1-2H3;1-6H. The molecule has 0 bridgehead atoms. The van der Waals surface area contributed by atoms with Gasteiger partial charge < -0.3 is 19.3 Å². The fraction of sp³-hybridized carbons (Fsp3) is 0.517. The van der Waals surface area contributed by atoms with E-state index in [0.29, 0.717) is 28.9 Å². The van der Waals surface area contributed by atoms with Crippen LogP contribution in [0.4, 0.5) is 0 Å². The number of carbonyl (C=O) groups is 2. The van der Waals surface area contributed by atoms with Gasteiger partial charge >= 0.3 is 0 Å². The van der Waals surface area contributed by atoms with Crippen LogP contribution in [0.1, 0.15) is 55.3 Å². The molecule has 0 aliphatic carbocycles. The summed E-state index contributed by atoms with van der Waals surface area (Å²) >= 11 is 6.22. The maximum atomic E-state index is 12.4. The molecule has 2 aromatic carbocycles. The number of likely N-dealkylation sites (tertiary alicyclic amines) is 1. The molecule has 36 heavy (non-hydrogen) atoms. The number of amides is 2. The van der Waals surface area contributed by atoms with Gasteiger partial charge in [0.1, 0.15) is 11.9 Å². The average Bonchev–Trinajstić information content (AvgIpc) is 3.45. The van der Waals surface area contributed by atoms with Gasteiger partial charge in [0, 0.05) is 33.8 Å². The molecule has 4 rings (SSSR count). The molecule has 0 saturated carbocycles. The number of unbranched alkanes of at least 4 members (excludes halogenated alkanes) is 1. The van der Waals surface area contributed by atoms with Gasteiger partial charge in [0.2, 0.25) is 0 Å². The minimum absolute atomic E-state index is 0.116. The van der Waals surface area contributed by atoms with E-state index in [1.165, 1.54) is 11.3 Å². The molecule has 2 fully saturated rings. The number of carbonyl (C=O) groups excluding carboxylic acids is 2. The molecule has 2 amide bonds. The molecule has 196 valence electrons. The van der Waals surface area contributed by atoms with Crippen LogP contribution in [0.2, 0.25) is 5.02 Å². The fourth-order valence-corrected chi connectivity index (χ4v) is 4.78. The third kappa shape index (κ3) is 8.82. The van der Waals surface area contributed by atoms with Crippen LogP contribution in [-0.4, -0.2) is 68.1 Å². The maximum Gasteiger partial charge on any atom is 0.254 e. The molecule has 1 unspecified atom stereocenters. The van der Waals surface area contributed by atoms with Crippen molar-refractivity contribution < 1.29 is 19.1 Å². The van der Waals surface area contributed by atoms with Gasteiger partial charge in [-0.2, -0.15) is 0 Å². The third-order valence-corrected chi connectivity index (χ3v) is 6.96. The Labute approximate surface area is 220 Å². The van der Waals surface area contributed by atoms with Gasteiger partial charge in [0.05, 0.1) is 17.2 Å². The first-order chi connectivity index (χ1) is 17.5. The Morgan fingerprint density at radius 3 is 2.25 bits per heavy atom. The number of piperidine rings is 1. The molecule has 0 N–H and O–H groups in total. The predicted molar refractivity (Wildman–Crippen MR) is 144 cm³/mol. The van der Waals surface area contributed by atoms with Crippen LogP contribution in [0.5, 0.6) is 5.75 Å². The van der Waals surface area contributed by atoms with Gasteiger partial charge in [-0.15, -0.1) is 0 Å². The van der Waals surface area contributed by atoms with Gasteiger partial charge in [0.15, 0.2) is 0 Å². The number of nitrogens with zero attached hydrogens (tertiary/aromatic N) is 2. The molecule has 2 saturated heterocycles. The van der Waals surface area contributed by atoms with Crippen LogP contribution in [0.15, 0.2) is 54.6 Å².